The third kappa shape index (κ3) is 2.52. The predicted octanol–water partition coefficient (Wildman–Crippen LogP) is 2.79. The Hall–Kier alpha value is -2.63. The van der Waals surface area contributed by atoms with E-state index in [2.05, 4.69) is 4.98 Å². The van der Waals surface area contributed by atoms with Crippen LogP contribution >= 0.6 is 0 Å². The lowest BCUT2D eigenvalue weighted by Gasteiger charge is -2.13. The van der Waals surface area contributed by atoms with E-state index in [4.69, 9.17) is 15.6 Å². The van der Waals surface area contributed by atoms with Crippen LogP contribution in [0.1, 0.15) is 21.6 Å². The molecule has 0 aliphatic carbocycles. The summed E-state index contributed by atoms with van der Waals surface area (Å²) in [6.07, 6.45) is 0. The molecule has 110 valence electrons. The summed E-state index contributed by atoms with van der Waals surface area (Å²) in [4.78, 5) is 15.1. The number of hydrogen-bond donors (Lipinski definition) is 2. The van der Waals surface area contributed by atoms with Gasteiger partial charge in [0.05, 0.1) is 7.11 Å². The number of carboxylic acid groups (broad SMARTS) is 1. The molecule has 0 saturated heterocycles. The van der Waals surface area contributed by atoms with Gasteiger partial charge in [0.15, 0.2) is 17.3 Å². The second kappa shape index (κ2) is 5.40. The van der Waals surface area contributed by atoms with Gasteiger partial charge in [-0.2, -0.15) is 0 Å². The highest BCUT2D eigenvalue weighted by Gasteiger charge is 2.23. The van der Waals surface area contributed by atoms with E-state index in [9.17, 15) is 9.18 Å². The van der Waals surface area contributed by atoms with Crippen LogP contribution in [0.2, 0.25) is 0 Å². The number of aromatic carboxylic acids is 1. The van der Waals surface area contributed by atoms with E-state index in [0.29, 0.717) is 5.56 Å². The van der Waals surface area contributed by atoms with E-state index in [1.54, 1.807) is 12.1 Å². The van der Waals surface area contributed by atoms with Gasteiger partial charge in [0.1, 0.15) is 11.4 Å². The van der Waals surface area contributed by atoms with Crippen LogP contribution in [0, 0.1) is 19.7 Å². The summed E-state index contributed by atoms with van der Waals surface area (Å²) in [5.74, 6) is -2.39. The van der Waals surface area contributed by atoms with Gasteiger partial charge in [0.25, 0.3) is 0 Å². The summed E-state index contributed by atoms with van der Waals surface area (Å²) in [5, 5.41) is 9.16. The molecule has 0 atom stereocenters. The molecule has 5 nitrogen and oxygen atoms in total. The van der Waals surface area contributed by atoms with E-state index in [1.807, 2.05) is 19.9 Å². The number of nitrogens with two attached hydrogens (primary N) is 1. The zero-order valence-electron chi connectivity index (χ0n) is 11.9. The number of rotatable bonds is 3. The number of ether oxygens (including phenoxy) is 1. The van der Waals surface area contributed by atoms with Crippen LogP contribution in [0.3, 0.4) is 0 Å². The molecule has 0 amide bonds. The standard InChI is InChI=1S/C15H15FN2O3/c1-7-4-5-9(6-8(7)2)12-10(16)11(17)14(21-3)13(18-12)15(19)20/h4-6H,1-3H3,(H2,17,18)(H,19,20). The van der Waals surface area contributed by atoms with Gasteiger partial charge in [-0.15, -0.1) is 0 Å². The topological polar surface area (TPSA) is 85.4 Å². The third-order valence-corrected chi connectivity index (χ3v) is 3.31. The molecule has 1 aromatic heterocycles. The van der Waals surface area contributed by atoms with Gasteiger partial charge in [-0.3, -0.25) is 0 Å². The van der Waals surface area contributed by atoms with Gasteiger partial charge in [-0.1, -0.05) is 12.1 Å². The van der Waals surface area contributed by atoms with Crippen LogP contribution < -0.4 is 10.5 Å². The van der Waals surface area contributed by atoms with Crippen molar-refractivity contribution in [3.63, 3.8) is 0 Å². The number of methoxy groups -OCH3 is 1. The Kier molecular flexibility index (Phi) is 3.80. The van der Waals surface area contributed by atoms with Crippen molar-refractivity contribution >= 4 is 11.7 Å². The number of nitrogen functional groups attached to an aromatic ring is 1. The molecule has 21 heavy (non-hydrogen) atoms. The van der Waals surface area contributed by atoms with Gasteiger partial charge < -0.3 is 15.6 Å². The minimum Gasteiger partial charge on any atom is -0.492 e. The van der Waals surface area contributed by atoms with Gasteiger partial charge in [-0.25, -0.2) is 14.2 Å². The molecule has 6 heteroatoms. The van der Waals surface area contributed by atoms with E-state index < -0.39 is 17.5 Å². The summed E-state index contributed by atoms with van der Waals surface area (Å²) in [6.45, 7) is 3.80. The number of carbonyl (C=O) groups is 1. The van der Waals surface area contributed by atoms with Gasteiger partial charge in [0, 0.05) is 5.56 Å². The smallest absolute Gasteiger partial charge is 0.358 e. The Morgan fingerprint density at radius 2 is 2.00 bits per heavy atom. The molecule has 0 unspecified atom stereocenters. The highest BCUT2D eigenvalue weighted by Crippen LogP contribution is 2.34. The number of pyridine rings is 1. The number of aryl methyl sites for hydroxylation is 2. The van der Waals surface area contributed by atoms with Gasteiger partial charge >= 0.3 is 5.97 Å². The molecule has 0 aliphatic rings. The predicted molar refractivity (Wildman–Crippen MR) is 77.0 cm³/mol. The molecule has 0 saturated carbocycles. The van der Waals surface area contributed by atoms with Crippen LogP contribution in [0.25, 0.3) is 11.3 Å². The van der Waals surface area contributed by atoms with Crippen LogP contribution in [0.4, 0.5) is 10.1 Å². The average Bonchev–Trinajstić information content (AvgIpc) is 2.44. The Morgan fingerprint density at radius 1 is 1.33 bits per heavy atom. The largest absolute Gasteiger partial charge is 0.492 e. The summed E-state index contributed by atoms with van der Waals surface area (Å²) in [5.41, 5.74) is 7.21. The summed E-state index contributed by atoms with van der Waals surface area (Å²) >= 11 is 0. The zero-order chi connectivity index (χ0) is 15.7. The molecule has 0 aliphatic heterocycles. The molecular formula is C15H15FN2O3. The fourth-order valence-electron chi connectivity index (χ4n) is 2.00. The van der Waals surface area contributed by atoms with Crippen LogP contribution in [-0.2, 0) is 0 Å². The molecule has 0 fully saturated rings. The number of hydrogen-bond acceptors (Lipinski definition) is 4. The van der Waals surface area contributed by atoms with E-state index in [-0.39, 0.29) is 17.1 Å². The van der Waals surface area contributed by atoms with Crippen molar-refractivity contribution in [2.75, 3.05) is 12.8 Å². The number of halogens is 1. The lowest BCUT2D eigenvalue weighted by Crippen LogP contribution is -2.10. The first-order valence-electron chi connectivity index (χ1n) is 6.20. The van der Waals surface area contributed by atoms with Crippen molar-refractivity contribution in [1.82, 2.24) is 4.98 Å². The maximum absolute atomic E-state index is 14.4. The minimum atomic E-state index is -1.33. The fourth-order valence-corrected chi connectivity index (χ4v) is 2.00. The maximum Gasteiger partial charge on any atom is 0.358 e. The fraction of sp³-hybridized carbons (Fsp3) is 0.200. The Morgan fingerprint density at radius 3 is 2.52 bits per heavy atom. The molecular weight excluding hydrogens is 275 g/mol. The molecule has 0 radical (unpaired) electrons. The number of nitrogens with zero attached hydrogens (tertiary/aromatic N) is 1. The first-order chi connectivity index (χ1) is 9.86. The first kappa shape index (κ1) is 14.8. The molecule has 0 spiro atoms. The van der Waals surface area contributed by atoms with Crippen molar-refractivity contribution in [1.29, 1.82) is 0 Å². The molecule has 1 aromatic carbocycles. The number of carboxylic acids is 1. The molecule has 3 N–H and O–H groups in total. The minimum absolute atomic E-state index is 0.103. The lowest BCUT2D eigenvalue weighted by molar-refractivity contribution is 0.0686. The van der Waals surface area contributed by atoms with Crippen LogP contribution in [-0.4, -0.2) is 23.2 Å². The van der Waals surface area contributed by atoms with Crippen molar-refractivity contribution < 1.29 is 19.0 Å². The van der Waals surface area contributed by atoms with E-state index in [0.717, 1.165) is 11.1 Å². The van der Waals surface area contributed by atoms with Gasteiger partial charge in [0.2, 0.25) is 0 Å². The monoisotopic (exact) mass is 290 g/mol. The second-order valence-corrected chi connectivity index (χ2v) is 4.67. The Bertz CT molecular complexity index is 729. The third-order valence-electron chi connectivity index (χ3n) is 3.31. The molecule has 1 heterocycles. The molecule has 0 bridgehead atoms. The lowest BCUT2D eigenvalue weighted by atomic mass is 10.0. The summed E-state index contributed by atoms with van der Waals surface area (Å²) < 4.78 is 19.2. The van der Waals surface area contributed by atoms with Gasteiger partial charge in [-0.05, 0) is 31.0 Å². The molecule has 2 aromatic rings. The SMILES string of the molecule is COc1c(C(=O)O)nc(-c2ccc(C)c(C)c2)c(F)c1N. The van der Waals surface area contributed by atoms with Crippen LogP contribution in [0.5, 0.6) is 5.75 Å². The number of benzene rings is 1. The van der Waals surface area contributed by atoms with Crippen molar-refractivity contribution in [2.24, 2.45) is 0 Å². The second-order valence-electron chi connectivity index (χ2n) is 4.67. The van der Waals surface area contributed by atoms with E-state index in [1.165, 1.54) is 7.11 Å². The molecule has 2 rings (SSSR count). The normalized spacial score (nSPS) is 10.5. The summed E-state index contributed by atoms with van der Waals surface area (Å²) in [7, 11) is 1.22. The number of anilines is 1. The van der Waals surface area contributed by atoms with E-state index >= 15 is 0 Å². The maximum atomic E-state index is 14.4. The van der Waals surface area contributed by atoms with Crippen molar-refractivity contribution in [2.45, 2.75) is 13.8 Å². The summed E-state index contributed by atoms with van der Waals surface area (Å²) in [6, 6.07) is 5.22. The average molecular weight is 290 g/mol. The van der Waals surface area contributed by atoms with Crippen LogP contribution in [0.15, 0.2) is 18.2 Å². The van der Waals surface area contributed by atoms with Crippen molar-refractivity contribution in [3.8, 4) is 17.0 Å². The highest BCUT2D eigenvalue weighted by atomic mass is 19.1. The Labute approximate surface area is 121 Å². The Balaban J connectivity index is 2.74. The van der Waals surface area contributed by atoms with Crippen molar-refractivity contribution in [3.05, 3.63) is 40.8 Å². The first-order valence-corrected chi connectivity index (χ1v) is 6.20. The highest BCUT2D eigenvalue weighted by molar-refractivity contribution is 5.92. The quantitative estimate of drug-likeness (QED) is 0.907. The zero-order valence-corrected chi connectivity index (χ0v) is 11.9. The number of aromatic nitrogens is 1.